The van der Waals surface area contributed by atoms with Gasteiger partial charge in [0, 0.05) is 13.1 Å². The summed E-state index contributed by atoms with van der Waals surface area (Å²) in [5, 5.41) is 3.59. The molecule has 98 valence electrons. The van der Waals surface area contributed by atoms with Crippen molar-refractivity contribution in [1.29, 1.82) is 0 Å². The van der Waals surface area contributed by atoms with Gasteiger partial charge < -0.3 is 10.1 Å². The van der Waals surface area contributed by atoms with Crippen molar-refractivity contribution in [1.82, 2.24) is 5.32 Å². The third kappa shape index (κ3) is 2.08. The number of rotatable bonds is 1. The molecule has 0 bridgehead atoms. The maximum atomic E-state index is 6.49. The number of benzene rings is 1. The van der Waals surface area contributed by atoms with Crippen LogP contribution in [0.25, 0.3) is 0 Å². The lowest BCUT2D eigenvalue weighted by Crippen LogP contribution is -2.49. The van der Waals surface area contributed by atoms with Crippen molar-refractivity contribution < 1.29 is 4.74 Å². The van der Waals surface area contributed by atoms with Crippen LogP contribution in [-0.2, 0) is 4.74 Å². The van der Waals surface area contributed by atoms with Crippen LogP contribution in [-0.4, -0.2) is 18.7 Å². The molecule has 1 saturated carbocycles. The second kappa shape index (κ2) is 4.67. The SMILES string of the molecule is Cc1cccc(C2CNCC3(CCCC3)O2)c1C. The van der Waals surface area contributed by atoms with Gasteiger partial charge in [-0.1, -0.05) is 31.0 Å². The van der Waals surface area contributed by atoms with E-state index in [1.807, 2.05) is 0 Å². The van der Waals surface area contributed by atoms with Crippen molar-refractivity contribution in [2.24, 2.45) is 0 Å². The first-order chi connectivity index (χ1) is 8.70. The molecule has 3 rings (SSSR count). The van der Waals surface area contributed by atoms with E-state index in [4.69, 9.17) is 4.74 Å². The minimum absolute atomic E-state index is 0.124. The molecule has 1 N–H and O–H groups in total. The van der Waals surface area contributed by atoms with Crippen molar-refractivity contribution in [3.05, 3.63) is 34.9 Å². The van der Waals surface area contributed by atoms with Gasteiger partial charge in [-0.05, 0) is 43.4 Å². The highest BCUT2D eigenvalue weighted by Gasteiger charge is 2.40. The number of morpholine rings is 1. The van der Waals surface area contributed by atoms with Crippen molar-refractivity contribution >= 4 is 0 Å². The second-order valence-corrected chi connectivity index (χ2v) is 5.92. The zero-order valence-electron chi connectivity index (χ0n) is 11.5. The van der Waals surface area contributed by atoms with E-state index in [-0.39, 0.29) is 11.7 Å². The summed E-state index contributed by atoms with van der Waals surface area (Å²) in [7, 11) is 0. The van der Waals surface area contributed by atoms with Crippen LogP contribution in [0.2, 0.25) is 0 Å². The topological polar surface area (TPSA) is 21.3 Å². The highest BCUT2D eigenvalue weighted by molar-refractivity contribution is 5.35. The Morgan fingerprint density at radius 1 is 1.22 bits per heavy atom. The Hall–Kier alpha value is -0.860. The van der Waals surface area contributed by atoms with E-state index >= 15 is 0 Å². The lowest BCUT2D eigenvalue weighted by atomic mass is 9.94. The average Bonchev–Trinajstić information content (AvgIpc) is 2.81. The number of aryl methyl sites for hydroxylation is 1. The zero-order chi connectivity index (χ0) is 12.6. The summed E-state index contributed by atoms with van der Waals surface area (Å²) in [6.45, 7) is 6.38. The van der Waals surface area contributed by atoms with E-state index in [1.54, 1.807) is 0 Å². The molecule has 1 unspecified atom stereocenters. The third-order valence-corrected chi connectivity index (χ3v) is 4.68. The van der Waals surface area contributed by atoms with Gasteiger partial charge in [0.1, 0.15) is 0 Å². The molecule has 1 spiro atoms. The van der Waals surface area contributed by atoms with Gasteiger partial charge in [0.25, 0.3) is 0 Å². The van der Waals surface area contributed by atoms with Crippen LogP contribution in [0.4, 0.5) is 0 Å². The Morgan fingerprint density at radius 3 is 2.78 bits per heavy atom. The van der Waals surface area contributed by atoms with Gasteiger partial charge in [-0.15, -0.1) is 0 Å². The number of ether oxygens (including phenoxy) is 1. The molecule has 2 heteroatoms. The Morgan fingerprint density at radius 2 is 2.00 bits per heavy atom. The molecule has 2 nitrogen and oxygen atoms in total. The molecule has 2 fully saturated rings. The molecule has 1 aliphatic carbocycles. The fourth-order valence-corrected chi connectivity index (χ4v) is 3.43. The first-order valence-electron chi connectivity index (χ1n) is 7.15. The van der Waals surface area contributed by atoms with Gasteiger partial charge in [0.15, 0.2) is 0 Å². The molecule has 18 heavy (non-hydrogen) atoms. The summed E-state index contributed by atoms with van der Waals surface area (Å²) < 4.78 is 6.49. The molecule has 1 saturated heterocycles. The average molecular weight is 245 g/mol. The lowest BCUT2D eigenvalue weighted by Gasteiger charge is -2.40. The van der Waals surface area contributed by atoms with Gasteiger partial charge in [-0.25, -0.2) is 0 Å². The fraction of sp³-hybridized carbons (Fsp3) is 0.625. The van der Waals surface area contributed by atoms with Gasteiger partial charge >= 0.3 is 0 Å². The van der Waals surface area contributed by atoms with E-state index in [0.717, 1.165) is 13.1 Å². The van der Waals surface area contributed by atoms with Crippen LogP contribution >= 0.6 is 0 Å². The maximum absolute atomic E-state index is 6.49. The molecule has 0 radical (unpaired) electrons. The van der Waals surface area contributed by atoms with E-state index in [2.05, 4.69) is 37.4 Å². The minimum atomic E-state index is 0.124. The van der Waals surface area contributed by atoms with Crippen LogP contribution in [0.5, 0.6) is 0 Å². The lowest BCUT2D eigenvalue weighted by molar-refractivity contribution is -0.114. The number of nitrogens with one attached hydrogen (secondary N) is 1. The Bertz CT molecular complexity index is 435. The van der Waals surface area contributed by atoms with E-state index in [1.165, 1.54) is 42.4 Å². The summed E-state index contributed by atoms with van der Waals surface area (Å²) in [6.07, 6.45) is 5.32. The number of hydrogen-bond acceptors (Lipinski definition) is 2. The third-order valence-electron chi connectivity index (χ3n) is 4.68. The van der Waals surface area contributed by atoms with Crippen molar-refractivity contribution in [2.45, 2.75) is 51.2 Å². The molecular formula is C16H23NO. The van der Waals surface area contributed by atoms with Crippen molar-refractivity contribution in [3.8, 4) is 0 Å². The first kappa shape index (κ1) is 12.2. The summed E-state index contributed by atoms with van der Waals surface area (Å²) >= 11 is 0. The summed E-state index contributed by atoms with van der Waals surface area (Å²) in [4.78, 5) is 0. The van der Waals surface area contributed by atoms with Crippen LogP contribution < -0.4 is 5.32 Å². The predicted molar refractivity (Wildman–Crippen MR) is 73.8 cm³/mol. The van der Waals surface area contributed by atoms with Crippen LogP contribution in [0.15, 0.2) is 18.2 Å². The Labute approximate surface area is 110 Å². The molecular weight excluding hydrogens is 222 g/mol. The van der Waals surface area contributed by atoms with Gasteiger partial charge in [0.2, 0.25) is 0 Å². The molecule has 1 aromatic rings. The Balaban J connectivity index is 1.85. The molecule has 0 aromatic heterocycles. The monoisotopic (exact) mass is 245 g/mol. The van der Waals surface area contributed by atoms with Crippen LogP contribution in [0.3, 0.4) is 0 Å². The summed E-state index contributed by atoms with van der Waals surface area (Å²) in [5.74, 6) is 0. The van der Waals surface area contributed by atoms with Crippen molar-refractivity contribution in [3.63, 3.8) is 0 Å². The molecule has 1 aliphatic heterocycles. The quantitative estimate of drug-likeness (QED) is 0.820. The summed E-state index contributed by atoms with van der Waals surface area (Å²) in [5.41, 5.74) is 4.24. The molecule has 1 aromatic carbocycles. The highest BCUT2D eigenvalue weighted by Crippen LogP contribution is 2.39. The fourth-order valence-electron chi connectivity index (χ4n) is 3.43. The highest BCUT2D eigenvalue weighted by atomic mass is 16.5. The minimum Gasteiger partial charge on any atom is -0.364 e. The van der Waals surface area contributed by atoms with E-state index in [0.29, 0.717) is 0 Å². The maximum Gasteiger partial charge on any atom is 0.0960 e. The normalized spacial score (nSPS) is 26.7. The summed E-state index contributed by atoms with van der Waals surface area (Å²) in [6, 6.07) is 6.56. The standard InChI is InChI=1S/C16H23NO/c1-12-6-5-7-14(13(12)2)15-10-17-11-16(18-15)8-3-4-9-16/h5-7,15,17H,3-4,8-11H2,1-2H3. The molecule has 0 amide bonds. The molecule has 2 aliphatic rings. The zero-order valence-corrected chi connectivity index (χ0v) is 11.5. The first-order valence-corrected chi connectivity index (χ1v) is 7.15. The molecule has 1 heterocycles. The van der Waals surface area contributed by atoms with Crippen LogP contribution in [0.1, 0.15) is 48.5 Å². The largest absolute Gasteiger partial charge is 0.364 e. The predicted octanol–water partition coefficient (Wildman–Crippen LogP) is 3.28. The van der Waals surface area contributed by atoms with Gasteiger partial charge in [0.05, 0.1) is 11.7 Å². The Kier molecular flexibility index (Phi) is 3.16. The second-order valence-electron chi connectivity index (χ2n) is 5.92. The van der Waals surface area contributed by atoms with Gasteiger partial charge in [-0.3, -0.25) is 0 Å². The molecule has 1 atom stereocenters. The van der Waals surface area contributed by atoms with Crippen LogP contribution in [0, 0.1) is 13.8 Å². The van der Waals surface area contributed by atoms with Crippen molar-refractivity contribution in [2.75, 3.05) is 13.1 Å². The number of hydrogen-bond donors (Lipinski definition) is 1. The van der Waals surface area contributed by atoms with Gasteiger partial charge in [-0.2, -0.15) is 0 Å². The smallest absolute Gasteiger partial charge is 0.0960 e. The van der Waals surface area contributed by atoms with E-state index in [9.17, 15) is 0 Å². The van der Waals surface area contributed by atoms with E-state index < -0.39 is 0 Å².